The number of nitrogens with zero attached hydrogens (tertiary/aromatic N) is 1. The summed E-state index contributed by atoms with van der Waals surface area (Å²) in [5, 5.41) is 6.95. The summed E-state index contributed by atoms with van der Waals surface area (Å²) in [5.41, 5.74) is 4.03. The third-order valence-corrected chi connectivity index (χ3v) is 3.32. The fourth-order valence-corrected chi connectivity index (χ4v) is 2.13. The molecule has 0 fully saturated rings. The van der Waals surface area contributed by atoms with Crippen LogP contribution >= 0.6 is 0 Å². The van der Waals surface area contributed by atoms with Gasteiger partial charge in [-0.15, -0.1) is 0 Å². The topological polar surface area (TPSA) is 81.2 Å². The van der Waals surface area contributed by atoms with Crippen LogP contribution in [0.4, 0.5) is 5.69 Å². The number of para-hydroxylation sites is 1. The van der Waals surface area contributed by atoms with Gasteiger partial charge in [-0.2, -0.15) is 5.10 Å². The van der Waals surface area contributed by atoms with Gasteiger partial charge in [0.05, 0.1) is 34.1 Å². The molecule has 7 heteroatoms. The standard InChI is InChI=1S/C18H21N3O4/c1-23-15-9-13(10-16(24-2)18(15)25-3)11-20-21-17(22)12-19-14-7-5-4-6-8-14/h4-11,19H,12H2,1-3H3,(H,21,22)/b20-11+. The molecule has 0 saturated carbocycles. The number of anilines is 1. The number of hydrogen-bond donors (Lipinski definition) is 2. The number of methoxy groups -OCH3 is 3. The van der Waals surface area contributed by atoms with E-state index in [0.717, 1.165) is 5.69 Å². The molecule has 0 bridgehead atoms. The van der Waals surface area contributed by atoms with Crippen LogP contribution in [0, 0.1) is 0 Å². The molecule has 1 amide bonds. The second kappa shape index (κ2) is 9.17. The Morgan fingerprint density at radius 3 is 2.24 bits per heavy atom. The van der Waals surface area contributed by atoms with Crippen molar-refractivity contribution in [1.82, 2.24) is 5.43 Å². The fraction of sp³-hybridized carbons (Fsp3) is 0.222. The first-order valence-corrected chi connectivity index (χ1v) is 7.58. The summed E-state index contributed by atoms with van der Waals surface area (Å²) in [7, 11) is 4.61. The number of nitrogens with one attached hydrogen (secondary N) is 2. The molecule has 0 aliphatic rings. The second-order valence-corrected chi connectivity index (χ2v) is 4.97. The minimum atomic E-state index is -0.257. The van der Waals surface area contributed by atoms with Gasteiger partial charge in [-0.05, 0) is 24.3 Å². The normalized spacial score (nSPS) is 10.4. The minimum Gasteiger partial charge on any atom is -0.493 e. The van der Waals surface area contributed by atoms with E-state index in [1.54, 1.807) is 12.1 Å². The Bertz CT molecular complexity index is 707. The zero-order valence-corrected chi connectivity index (χ0v) is 14.4. The molecule has 0 aliphatic carbocycles. The zero-order valence-electron chi connectivity index (χ0n) is 14.4. The van der Waals surface area contributed by atoms with Crippen LogP contribution in [0.5, 0.6) is 17.2 Å². The van der Waals surface area contributed by atoms with Crippen LogP contribution in [0.2, 0.25) is 0 Å². The Kier molecular flexibility index (Phi) is 6.65. The van der Waals surface area contributed by atoms with Gasteiger partial charge in [0.25, 0.3) is 5.91 Å². The zero-order chi connectivity index (χ0) is 18.1. The first-order chi connectivity index (χ1) is 12.2. The van der Waals surface area contributed by atoms with Crippen LogP contribution in [0.3, 0.4) is 0 Å². The van der Waals surface area contributed by atoms with Crippen molar-refractivity contribution in [2.24, 2.45) is 5.10 Å². The van der Waals surface area contributed by atoms with E-state index < -0.39 is 0 Å². The molecule has 7 nitrogen and oxygen atoms in total. The van der Waals surface area contributed by atoms with Crippen LogP contribution in [-0.2, 0) is 4.79 Å². The number of ether oxygens (including phenoxy) is 3. The molecule has 132 valence electrons. The van der Waals surface area contributed by atoms with Gasteiger partial charge in [-0.25, -0.2) is 5.43 Å². The molecule has 2 rings (SSSR count). The number of carbonyl (C=O) groups is 1. The van der Waals surface area contributed by atoms with Crippen molar-refractivity contribution >= 4 is 17.8 Å². The molecule has 2 N–H and O–H groups in total. The Morgan fingerprint density at radius 1 is 1.04 bits per heavy atom. The van der Waals surface area contributed by atoms with Crippen molar-refractivity contribution in [3.63, 3.8) is 0 Å². The van der Waals surface area contributed by atoms with Crippen LogP contribution in [0.1, 0.15) is 5.56 Å². The largest absolute Gasteiger partial charge is 0.493 e. The highest BCUT2D eigenvalue weighted by molar-refractivity contribution is 5.85. The van der Waals surface area contributed by atoms with E-state index in [-0.39, 0.29) is 12.5 Å². The van der Waals surface area contributed by atoms with Gasteiger partial charge in [0, 0.05) is 11.3 Å². The summed E-state index contributed by atoms with van der Waals surface area (Å²) in [6.07, 6.45) is 1.50. The highest BCUT2D eigenvalue weighted by atomic mass is 16.5. The quantitative estimate of drug-likeness (QED) is 0.568. The maximum Gasteiger partial charge on any atom is 0.259 e. The lowest BCUT2D eigenvalue weighted by Crippen LogP contribution is -2.25. The third kappa shape index (κ3) is 5.13. The molecule has 0 aliphatic heterocycles. The van der Waals surface area contributed by atoms with Gasteiger partial charge < -0.3 is 19.5 Å². The number of amides is 1. The number of rotatable bonds is 8. The van der Waals surface area contributed by atoms with Gasteiger partial charge in [-0.3, -0.25) is 4.79 Å². The lowest BCUT2D eigenvalue weighted by molar-refractivity contribution is -0.119. The Balaban J connectivity index is 1.96. The lowest BCUT2D eigenvalue weighted by Gasteiger charge is -2.12. The number of carbonyl (C=O) groups excluding carboxylic acids is 1. The molecule has 0 spiro atoms. The Hall–Kier alpha value is -3.22. The van der Waals surface area contributed by atoms with Crippen molar-refractivity contribution in [2.75, 3.05) is 33.2 Å². The molecule has 2 aromatic rings. The molecular formula is C18H21N3O4. The van der Waals surface area contributed by atoms with Crippen LogP contribution in [-0.4, -0.2) is 40.0 Å². The van der Waals surface area contributed by atoms with Crippen molar-refractivity contribution in [3.8, 4) is 17.2 Å². The molecule has 0 radical (unpaired) electrons. The molecule has 25 heavy (non-hydrogen) atoms. The third-order valence-electron chi connectivity index (χ3n) is 3.32. The smallest absolute Gasteiger partial charge is 0.259 e. The van der Waals surface area contributed by atoms with Crippen molar-refractivity contribution in [2.45, 2.75) is 0 Å². The Morgan fingerprint density at radius 2 is 1.68 bits per heavy atom. The summed E-state index contributed by atoms with van der Waals surface area (Å²) in [4.78, 5) is 11.8. The predicted octanol–water partition coefficient (Wildman–Crippen LogP) is 2.27. The van der Waals surface area contributed by atoms with Crippen LogP contribution in [0.25, 0.3) is 0 Å². The van der Waals surface area contributed by atoms with E-state index in [1.807, 2.05) is 30.3 Å². The monoisotopic (exact) mass is 343 g/mol. The first kappa shape index (κ1) is 18.1. The molecule has 2 aromatic carbocycles. The van der Waals surface area contributed by atoms with Gasteiger partial charge >= 0.3 is 0 Å². The summed E-state index contributed by atoms with van der Waals surface area (Å²) in [6.45, 7) is 0.122. The molecule has 0 atom stereocenters. The van der Waals surface area contributed by atoms with Gasteiger partial charge in [-0.1, -0.05) is 18.2 Å². The SMILES string of the molecule is COc1cc(/C=N/NC(=O)CNc2ccccc2)cc(OC)c1OC. The van der Waals surface area contributed by atoms with E-state index in [1.165, 1.54) is 27.5 Å². The fourth-order valence-electron chi connectivity index (χ4n) is 2.13. The van der Waals surface area contributed by atoms with Crippen molar-refractivity contribution in [3.05, 3.63) is 48.0 Å². The van der Waals surface area contributed by atoms with Gasteiger partial charge in [0.2, 0.25) is 5.75 Å². The maximum absolute atomic E-state index is 11.8. The van der Waals surface area contributed by atoms with E-state index in [4.69, 9.17) is 14.2 Å². The average Bonchev–Trinajstić information content (AvgIpc) is 2.66. The van der Waals surface area contributed by atoms with Gasteiger partial charge in [0.1, 0.15) is 0 Å². The molecule has 0 heterocycles. The lowest BCUT2D eigenvalue weighted by atomic mass is 10.2. The van der Waals surface area contributed by atoms with E-state index >= 15 is 0 Å². The van der Waals surface area contributed by atoms with Crippen molar-refractivity contribution in [1.29, 1.82) is 0 Å². The highest BCUT2D eigenvalue weighted by Crippen LogP contribution is 2.37. The summed E-state index contributed by atoms with van der Waals surface area (Å²) in [6, 6.07) is 12.9. The van der Waals surface area contributed by atoms with E-state index in [2.05, 4.69) is 15.8 Å². The second-order valence-electron chi connectivity index (χ2n) is 4.97. The summed E-state index contributed by atoms with van der Waals surface area (Å²) < 4.78 is 15.8. The Labute approximate surface area is 146 Å². The molecule has 0 aromatic heterocycles. The molecular weight excluding hydrogens is 322 g/mol. The van der Waals surface area contributed by atoms with Crippen LogP contribution < -0.4 is 25.0 Å². The number of hydrazone groups is 1. The van der Waals surface area contributed by atoms with Gasteiger partial charge in [0.15, 0.2) is 11.5 Å². The molecule has 0 saturated heterocycles. The van der Waals surface area contributed by atoms with Crippen molar-refractivity contribution < 1.29 is 19.0 Å². The highest BCUT2D eigenvalue weighted by Gasteiger charge is 2.12. The summed E-state index contributed by atoms with van der Waals surface area (Å²) in [5.74, 6) is 1.27. The van der Waals surface area contributed by atoms with E-state index in [9.17, 15) is 4.79 Å². The maximum atomic E-state index is 11.8. The van der Waals surface area contributed by atoms with Crippen LogP contribution in [0.15, 0.2) is 47.6 Å². The van der Waals surface area contributed by atoms with E-state index in [0.29, 0.717) is 22.8 Å². The molecule has 0 unspecified atom stereocenters. The summed E-state index contributed by atoms with van der Waals surface area (Å²) >= 11 is 0. The number of hydrogen-bond acceptors (Lipinski definition) is 6. The first-order valence-electron chi connectivity index (χ1n) is 7.58. The predicted molar refractivity (Wildman–Crippen MR) is 96.8 cm³/mol. The number of benzene rings is 2. The minimum absolute atomic E-state index is 0.122. The average molecular weight is 343 g/mol.